The first-order valence-electron chi connectivity index (χ1n) is 6.97. The highest BCUT2D eigenvalue weighted by atomic mass is 16.5. The molecule has 2 aromatic rings. The second-order valence-corrected chi connectivity index (χ2v) is 5.25. The van der Waals surface area contributed by atoms with E-state index in [4.69, 9.17) is 0 Å². The molecule has 1 aromatic heterocycles. The van der Waals surface area contributed by atoms with E-state index in [1.165, 1.54) is 60.5 Å². The minimum atomic E-state index is -0.142. The number of methoxy groups -OCH3 is 1. The number of aromatic nitrogens is 1. The highest BCUT2D eigenvalue weighted by Gasteiger charge is 2.15. The Kier molecular flexibility index (Phi) is 3.28. The van der Waals surface area contributed by atoms with E-state index < -0.39 is 0 Å². The smallest absolute Gasteiger partial charge is 0.305 e. The molecule has 1 aromatic carbocycles. The van der Waals surface area contributed by atoms with Crippen molar-refractivity contribution in [2.75, 3.05) is 7.11 Å². The van der Waals surface area contributed by atoms with Gasteiger partial charge in [0.15, 0.2) is 0 Å². The van der Waals surface area contributed by atoms with Crippen LogP contribution < -0.4 is 0 Å². The molecule has 0 saturated heterocycles. The second kappa shape index (κ2) is 5.08. The van der Waals surface area contributed by atoms with Gasteiger partial charge in [-0.2, -0.15) is 0 Å². The lowest BCUT2D eigenvalue weighted by Crippen LogP contribution is -2.02. The fourth-order valence-corrected chi connectivity index (χ4v) is 2.96. The van der Waals surface area contributed by atoms with Crippen LogP contribution in [0.1, 0.15) is 36.1 Å². The van der Waals surface area contributed by atoms with Crippen molar-refractivity contribution >= 4 is 16.9 Å². The molecule has 100 valence electrons. The molecule has 0 amide bonds. The van der Waals surface area contributed by atoms with E-state index in [0.717, 1.165) is 6.42 Å². The van der Waals surface area contributed by atoms with E-state index in [9.17, 15) is 4.79 Å². The van der Waals surface area contributed by atoms with Crippen LogP contribution in [0.2, 0.25) is 0 Å². The van der Waals surface area contributed by atoms with Crippen LogP contribution in [-0.4, -0.2) is 18.1 Å². The van der Waals surface area contributed by atoms with Crippen molar-refractivity contribution in [1.82, 2.24) is 4.98 Å². The third kappa shape index (κ3) is 2.37. The Hall–Kier alpha value is -1.77. The Morgan fingerprint density at radius 1 is 1.32 bits per heavy atom. The fraction of sp³-hybridized carbons (Fsp3) is 0.438. The van der Waals surface area contributed by atoms with Crippen molar-refractivity contribution in [3.05, 3.63) is 35.0 Å². The van der Waals surface area contributed by atoms with Gasteiger partial charge in [0.25, 0.3) is 0 Å². The Morgan fingerprint density at radius 2 is 2.16 bits per heavy atom. The molecule has 0 fully saturated rings. The van der Waals surface area contributed by atoms with Crippen LogP contribution in [0.25, 0.3) is 10.9 Å². The Bertz CT molecular complexity index is 612. The molecule has 0 aliphatic heterocycles. The average Bonchev–Trinajstić information content (AvgIpc) is 2.82. The molecule has 3 heteroatoms. The maximum atomic E-state index is 11.2. The third-order valence-electron chi connectivity index (χ3n) is 4.01. The molecular formula is C16H19NO2. The molecule has 0 atom stereocenters. The van der Waals surface area contributed by atoms with Gasteiger partial charge in [-0.1, -0.05) is 6.07 Å². The van der Waals surface area contributed by atoms with Gasteiger partial charge in [-0.15, -0.1) is 0 Å². The van der Waals surface area contributed by atoms with Crippen molar-refractivity contribution in [3.8, 4) is 0 Å². The molecule has 19 heavy (non-hydrogen) atoms. The molecular weight excluding hydrogens is 238 g/mol. The van der Waals surface area contributed by atoms with E-state index in [0.29, 0.717) is 6.42 Å². The van der Waals surface area contributed by atoms with Crippen molar-refractivity contribution in [3.63, 3.8) is 0 Å². The van der Waals surface area contributed by atoms with E-state index in [2.05, 4.69) is 27.9 Å². The summed E-state index contributed by atoms with van der Waals surface area (Å²) in [6.07, 6.45) is 6.12. The highest BCUT2D eigenvalue weighted by molar-refractivity contribution is 5.85. The molecule has 0 bridgehead atoms. The van der Waals surface area contributed by atoms with Crippen molar-refractivity contribution in [2.24, 2.45) is 0 Å². The van der Waals surface area contributed by atoms with Crippen LogP contribution in [0, 0.1) is 0 Å². The van der Waals surface area contributed by atoms with Crippen LogP contribution in [0.4, 0.5) is 0 Å². The van der Waals surface area contributed by atoms with Gasteiger partial charge >= 0.3 is 5.97 Å². The number of carbonyl (C=O) groups excluding carboxylic acids is 1. The van der Waals surface area contributed by atoms with Crippen LogP contribution in [0.5, 0.6) is 0 Å². The van der Waals surface area contributed by atoms with Gasteiger partial charge < -0.3 is 9.72 Å². The zero-order valence-electron chi connectivity index (χ0n) is 11.3. The minimum Gasteiger partial charge on any atom is -0.469 e. The van der Waals surface area contributed by atoms with Crippen molar-refractivity contribution < 1.29 is 9.53 Å². The molecule has 0 saturated carbocycles. The predicted molar refractivity (Wildman–Crippen MR) is 75.3 cm³/mol. The summed E-state index contributed by atoms with van der Waals surface area (Å²) in [6.45, 7) is 0. The summed E-state index contributed by atoms with van der Waals surface area (Å²) in [6, 6.07) is 6.48. The molecule has 0 spiro atoms. The van der Waals surface area contributed by atoms with Gasteiger partial charge in [-0.3, -0.25) is 4.79 Å². The number of benzene rings is 1. The number of aryl methyl sites for hydroxylation is 3. The standard InChI is InChI=1S/C16H19NO2/c1-19-16(18)9-7-11-6-8-15-13(10-11)12-4-2-3-5-14(12)17-15/h6,8,10,17H,2-5,7,9H2,1H3. The Balaban J connectivity index is 1.89. The zero-order chi connectivity index (χ0) is 13.2. The first-order chi connectivity index (χ1) is 9.28. The largest absolute Gasteiger partial charge is 0.469 e. The van der Waals surface area contributed by atoms with E-state index >= 15 is 0 Å². The van der Waals surface area contributed by atoms with Gasteiger partial charge in [0.1, 0.15) is 0 Å². The summed E-state index contributed by atoms with van der Waals surface area (Å²) in [5.74, 6) is -0.142. The molecule has 0 radical (unpaired) electrons. The Morgan fingerprint density at radius 3 is 3.00 bits per heavy atom. The van der Waals surface area contributed by atoms with Crippen LogP contribution in [0.15, 0.2) is 18.2 Å². The van der Waals surface area contributed by atoms with Crippen molar-refractivity contribution in [2.45, 2.75) is 38.5 Å². The van der Waals surface area contributed by atoms with Gasteiger partial charge in [-0.25, -0.2) is 0 Å². The number of carbonyl (C=O) groups is 1. The topological polar surface area (TPSA) is 42.1 Å². The number of hydrogen-bond donors (Lipinski definition) is 1. The summed E-state index contributed by atoms with van der Waals surface area (Å²) < 4.78 is 4.69. The van der Waals surface area contributed by atoms with E-state index in [1.54, 1.807) is 0 Å². The molecule has 1 aliphatic carbocycles. The number of fused-ring (bicyclic) bond motifs is 3. The van der Waals surface area contributed by atoms with Gasteiger partial charge in [0.05, 0.1) is 7.11 Å². The quantitative estimate of drug-likeness (QED) is 0.858. The lowest BCUT2D eigenvalue weighted by atomic mass is 9.95. The third-order valence-corrected chi connectivity index (χ3v) is 4.01. The SMILES string of the molecule is COC(=O)CCc1ccc2[nH]c3c(c2c1)CCCC3. The predicted octanol–water partition coefficient (Wildman–Crippen LogP) is 3.15. The van der Waals surface area contributed by atoms with Crippen molar-refractivity contribution in [1.29, 1.82) is 0 Å². The van der Waals surface area contributed by atoms with E-state index in [-0.39, 0.29) is 5.97 Å². The van der Waals surface area contributed by atoms with Crippen LogP contribution in [-0.2, 0) is 28.8 Å². The summed E-state index contributed by atoms with van der Waals surface area (Å²) in [7, 11) is 1.44. The van der Waals surface area contributed by atoms with Gasteiger partial charge in [0.2, 0.25) is 0 Å². The minimum absolute atomic E-state index is 0.142. The second-order valence-electron chi connectivity index (χ2n) is 5.25. The zero-order valence-corrected chi connectivity index (χ0v) is 11.3. The van der Waals surface area contributed by atoms with E-state index in [1.807, 2.05) is 0 Å². The average molecular weight is 257 g/mol. The molecule has 1 heterocycles. The first-order valence-corrected chi connectivity index (χ1v) is 6.97. The lowest BCUT2D eigenvalue weighted by molar-refractivity contribution is -0.140. The normalized spacial score (nSPS) is 14.4. The maximum absolute atomic E-state index is 11.2. The molecule has 3 rings (SSSR count). The van der Waals surface area contributed by atoms with Crippen LogP contribution >= 0.6 is 0 Å². The molecule has 1 aliphatic rings. The summed E-state index contributed by atoms with van der Waals surface area (Å²) >= 11 is 0. The molecule has 1 N–H and O–H groups in total. The maximum Gasteiger partial charge on any atom is 0.305 e. The number of esters is 1. The number of rotatable bonds is 3. The summed E-state index contributed by atoms with van der Waals surface area (Å²) in [5.41, 5.74) is 5.34. The summed E-state index contributed by atoms with van der Waals surface area (Å²) in [5, 5.41) is 1.34. The lowest BCUT2D eigenvalue weighted by Gasteiger charge is -2.10. The van der Waals surface area contributed by atoms with Gasteiger partial charge in [0, 0.05) is 23.0 Å². The number of hydrogen-bond acceptors (Lipinski definition) is 2. The number of H-pyrrole nitrogens is 1. The van der Waals surface area contributed by atoms with Crippen LogP contribution in [0.3, 0.4) is 0 Å². The molecule has 0 unspecified atom stereocenters. The first kappa shape index (κ1) is 12.3. The number of nitrogens with one attached hydrogen (secondary N) is 1. The van der Waals surface area contributed by atoms with Gasteiger partial charge in [-0.05, 0) is 55.4 Å². The summed E-state index contributed by atoms with van der Waals surface area (Å²) in [4.78, 5) is 14.7. The number of ether oxygens (including phenoxy) is 1. The molecule has 3 nitrogen and oxygen atoms in total. The number of aromatic amines is 1. The Labute approximate surface area is 113 Å². The fourth-order valence-electron chi connectivity index (χ4n) is 2.96. The highest BCUT2D eigenvalue weighted by Crippen LogP contribution is 2.29. The monoisotopic (exact) mass is 257 g/mol.